The van der Waals surface area contributed by atoms with Gasteiger partial charge in [-0.3, -0.25) is 10.1 Å². The quantitative estimate of drug-likeness (QED) is 0.655. The predicted octanol–water partition coefficient (Wildman–Crippen LogP) is 4.43. The van der Waals surface area contributed by atoms with Crippen LogP contribution in [0.4, 0.5) is 11.4 Å². The van der Waals surface area contributed by atoms with Crippen molar-refractivity contribution in [1.29, 1.82) is 0 Å². The van der Waals surface area contributed by atoms with E-state index in [2.05, 4.69) is 5.32 Å². The third kappa shape index (κ3) is 3.44. The van der Waals surface area contributed by atoms with Crippen LogP contribution in [0.1, 0.15) is 18.5 Å². The maximum absolute atomic E-state index is 11.1. The molecule has 1 unspecified atom stereocenters. The van der Waals surface area contributed by atoms with Crippen LogP contribution in [0.3, 0.4) is 0 Å². The van der Waals surface area contributed by atoms with Crippen LogP contribution in [0.15, 0.2) is 42.5 Å². The van der Waals surface area contributed by atoms with Crippen LogP contribution in [0.25, 0.3) is 0 Å². The number of nitrogens with one attached hydrogen (secondary N) is 1. The molecule has 0 aromatic heterocycles. The van der Waals surface area contributed by atoms with E-state index in [1.807, 2.05) is 25.1 Å². The third-order valence-corrected chi connectivity index (χ3v) is 3.49. The smallest absolute Gasteiger partial charge is 0.292 e. The number of anilines is 1. The highest BCUT2D eigenvalue weighted by Gasteiger charge is 2.18. The molecule has 2 aromatic carbocycles. The van der Waals surface area contributed by atoms with Gasteiger partial charge in [0, 0.05) is 17.2 Å². The lowest BCUT2D eigenvalue weighted by Crippen LogP contribution is -2.09. The molecule has 0 saturated carbocycles. The summed E-state index contributed by atoms with van der Waals surface area (Å²) in [6, 6.07) is 11.8. The van der Waals surface area contributed by atoms with Crippen molar-refractivity contribution >= 4 is 23.0 Å². The summed E-state index contributed by atoms with van der Waals surface area (Å²) in [5, 5.41) is 14.8. The van der Waals surface area contributed by atoms with Crippen molar-refractivity contribution < 1.29 is 9.66 Å². The molecule has 21 heavy (non-hydrogen) atoms. The highest BCUT2D eigenvalue weighted by Crippen LogP contribution is 2.33. The van der Waals surface area contributed by atoms with Crippen molar-refractivity contribution in [3.8, 4) is 5.75 Å². The van der Waals surface area contributed by atoms with Gasteiger partial charge in [-0.15, -0.1) is 0 Å². The molecule has 0 aliphatic heterocycles. The lowest BCUT2D eigenvalue weighted by molar-refractivity contribution is -0.384. The maximum Gasteiger partial charge on any atom is 0.292 e. The first-order valence-corrected chi connectivity index (χ1v) is 6.74. The Morgan fingerprint density at radius 3 is 2.62 bits per heavy atom. The summed E-state index contributed by atoms with van der Waals surface area (Å²) in [5.74, 6) is 0.550. The van der Waals surface area contributed by atoms with Gasteiger partial charge < -0.3 is 10.1 Å². The molecule has 0 aliphatic carbocycles. The van der Waals surface area contributed by atoms with E-state index >= 15 is 0 Å². The normalized spacial score (nSPS) is 11.8. The fourth-order valence-electron chi connectivity index (χ4n) is 2.05. The minimum absolute atomic E-state index is 0.00490. The van der Waals surface area contributed by atoms with Crippen molar-refractivity contribution in [2.75, 3.05) is 12.4 Å². The lowest BCUT2D eigenvalue weighted by atomic mass is 10.1. The van der Waals surface area contributed by atoms with Gasteiger partial charge in [0.1, 0.15) is 11.4 Å². The molecule has 1 atom stereocenters. The Balaban J connectivity index is 2.34. The van der Waals surface area contributed by atoms with Crippen LogP contribution in [0.5, 0.6) is 5.75 Å². The van der Waals surface area contributed by atoms with Crippen LogP contribution in [0, 0.1) is 10.1 Å². The Morgan fingerprint density at radius 1 is 1.29 bits per heavy atom. The van der Waals surface area contributed by atoms with Gasteiger partial charge in [-0.1, -0.05) is 29.8 Å². The highest BCUT2D eigenvalue weighted by atomic mass is 35.5. The van der Waals surface area contributed by atoms with Gasteiger partial charge in [0.05, 0.1) is 18.1 Å². The summed E-state index contributed by atoms with van der Waals surface area (Å²) < 4.78 is 5.11. The number of halogens is 1. The molecule has 0 fully saturated rings. The van der Waals surface area contributed by atoms with Gasteiger partial charge >= 0.3 is 0 Å². The predicted molar refractivity (Wildman–Crippen MR) is 83.1 cm³/mol. The first-order chi connectivity index (χ1) is 10.0. The van der Waals surface area contributed by atoms with Gasteiger partial charge in [-0.2, -0.15) is 0 Å². The van der Waals surface area contributed by atoms with E-state index in [0.29, 0.717) is 16.5 Å². The number of methoxy groups -OCH3 is 1. The van der Waals surface area contributed by atoms with Crippen molar-refractivity contribution in [3.63, 3.8) is 0 Å². The Morgan fingerprint density at radius 2 is 2.00 bits per heavy atom. The van der Waals surface area contributed by atoms with Crippen LogP contribution in [-0.4, -0.2) is 12.0 Å². The minimum atomic E-state index is -0.429. The molecule has 0 bridgehead atoms. The highest BCUT2D eigenvalue weighted by molar-refractivity contribution is 6.31. The number of nitrogens with zero attached hydrogens (tertiary/aromatic N) is 1. The van der Waals surface area contributed by atoms with Crippen LogP contribution in [0.2, 0.25) is 5.02 Å². The number of hydrogen-bond donors (Lipinski definition) is 1. The number of nitro groups is 1. The SMILES string of the molecule is COc1ccc([N+](=O)[O-])c(NC(C)c2ccccc2Cl)c1. The van der Waals surface area contributed by atoms with Crippen LogP contribution in [-0.2, 0) is 0 Å². The van der Waals surface area contributed by atoms with E-state index in [1.54, 1.807) is 18.2 Å². The topological polar surface area (TPSA) is 64.4 Å². The molecule has 0 heterocycles. The zero-order chi connectivity index (χ0) is 15.4. The molecular formula is C15H15ClN2O3. The first kappa shape index (κ1) is 15.1. The number of benzene rings is 2. The molecule has 0 spiro atoms. The van der Waals surface area contributed by atoms with E-state index in [-0.39, 0.29) is 11.7 Å². The van der Waals surface area contributed by atoms with Crippen molar-refractivity contribution in [1.82, 2.24) is 0 Å². The van der Waals surface area contributed by atoms with Crippen molar-refractivity contribution in [2.24, 2.45) is 0 Å². The molecule has 2 rings (SSSR count). The molecule has 1 N–H and O–H groups in total. The molecular weight excluding hydrogens is 292 g/mol. The van der Waals surface area contributed by atoms with Crippen molar-refractivity contribution in [3.05, 3.63) is 63.2 Å². The zero-order valence-corrected chi connectivity index (χ0v) is 12.4. The Kier molecular flexibility index (Phi) is 4.65. The summed E-state index contributed by atoms with van der Waals surface area (Å²) in [6.45, 7) is 1.89. The molecule has 110 valence electrons. The third-order valence-electron chi connectivity index (χ3n) is 3.14. The average molecular weight is 307 g/mol. The van der Waals surface area contributed by atoms with E-state index < -0.39 is 4.92 Å². The molecule has 0 saturated heterocycles. The summed E-state index contributed by atoms with van der Waals surface area (Å²) in [5.41, 5.74) is 1.26. The van der Waals surface area contributed by atoms with Gasteiger partial charge in [0.15, 0.2) is 0 Å². The molecule has 2 aromatic rings. The van der Waals surface area contributed by atoms with E-state index in [9.17, 15) is 10.1 Å². The lowest BCUT2D eigenvalue weighted by Gasteiger charge is -2.17. The van der Waals surface area contributed by atoms with Gasteiger partial charge in [-0.25, -0.2) is 0 Å². The van der Waals surface area contributed by atoms with Gasteiger partial charge in [-0.05, 0) is 24.6 Å². The average Bonchev–Trinajstić information content (AvgIpc) is 2.47. The minimum Gasteiger partial charge on any atom is -0.497 e. The number of ether oxygens (including phenoxy) is 1. The second kappa shape index (κ2) is 6.45. The summed E-state index contributed by atoms with van der Waals surface area (Å²) in [6.07, 6.45) is 0. The monoisotopic (exact) mass is 306 g/mol. The molecule has 5 nitrogen and oxygen atoms in total. The molecule has 6 heteroatoms. The Hall–Kier alpha value is -2.27. The maximum atomic E-state index is 11.1. The molecule has 0 aliphatic rings. The first-order valence-electron chi connectivity index (χ1n) is 6.36. The largest absolute Gasteiger partial charge is 0.497 e. The summed E-state index contributed by atoms with van der Waals surface area (Å²) in [4.78, 5) is 10.7. The fraction of sp³-hybridized carbons (Fsp3) is 0.200. The Bertz CT molecular complexity index is 661. The number of nitro benzene ring substituents is 1. The van der Waals surface area contributed by atoms with E-state index in [1.165, 1.54) is 13.2 Å². The van der Waals surface area contributed by atoms with Gasteiger partial charge in [0.25, 0.3) is 5.69 Å². The molecule has 0 radical (unpaired) electrons. The molecule has 0 amide bonds. The summed E-state index contributed by atoms with van der Waals surface area (Å²) >= 11 is 6.15. The number of hydrogen-bond acceptors (Lipinski definition) is 4. The fourth-order valence-corrected chi connectivity index (χ4v) is 2.35. The second-order valence-corrected chi connectivity index (χ2v) is 4.93. The zero-order valence-electron chi connectivity index (χ0n) is 11.7. The second-order valence-electron chi connectivity index (χ2n) is 4.53. The van der Waals surface area contributed by atoms with Gasteiger partial charge in [0.2, 0.25) is 0 Å². The standard InChI is InChI=1S/C15H15ClN2O3/c1-10(12-5-3-4-6-13(12)16)17-14-9-11(21-2)7-8-15(14)18(19)20/h3-10,17H,1-2H3. The summed E-state index contributed by atoms with van der Waals surface area (Å²) in [7, 11) is 1.52. The van der Waals surface area contributed by atoms with Crippen LogP contribution >= 0.6 is 11.6 Å². The Labute approximate surface area is 127 Å². The van der Waals surface area contributed by atoms with E-state index in [4.69, 9.17) is 16.3 Å². The number of rotatable bonds is 5. The van der Waals surface area contributed by atoms with Crippen LogP contribution < -0.4 is 10.1 Å². The van der Waals surface area contributed by atoms with E-state index in [0.717, 1.165) is 5.56 Å². The van der Waals surface area contributed by atoms with Crippen molar-refractivity contribution in [2.45, 2.75) is 13.0 Å².